The number of aryl methyl sites for hydroxylation is 1. The molecule has 1 aromatic heterocycles. The summed E-state index contributed by atoms with van der Waals surface area (Å²) in [6.45, 7) is 8.07. The summed E-state index contributed by atoms with van der Waals surface area (Å²) < 4.78 is 12.0. The molecule has 3 aromatic rings. The molecule has 1 aliphatic rings. The molecule has 9 nitrogen and oxygen atoms in total. The Bertz CT molecular complexity index is 1440. The van der Waals surface area contributed by atoms with Crippen molar-refractivity contribution in [2.45, 2.75) is 51.7 Å². The Morgan fingerprint density at radius 3 is 2.40 bits per heavy atom. The number of aromatic nitrogens is 1. The first-order valence-electron chi connectivity index (χ1n) is 12.8. The van der Waals surface area contributed by atoms with Crippen LogP contribution in [0.5, 0.6) is 0 Å². The van der Waals surface area contributed by atoms with Gasteiger partial charge < -0.3 is 14.6 Å². The van der Waals surface area contributed by atoms with Gasteiger partial charge in [0.15, 0.2) is 0 Å². The first kappa shape index (κ1) is 30.0. The van der Waals surface area contributed by atoms with Gasteiger partial charge in [0.1, 0.15) is 11.3 Å². The van der Waals surface area contributed by atoms with E-state index >= 15 is 0 Å². The van der Waals surface area contributed by atoms with Gasteiger partial charge in [0.25, 0.3) is 5.91 Å². The lowest BCUT2D eigenvalue weighted by atomic mass is 9.81. The summed E-state index contributed by atoms with van der Waals surface area (Å²) in [6.07, 6.45) is 0.575. The first-order valence-corrected chi connectivity index (χ1v) is 14.4. The lowest BCUT2D eigenvalue weighted by Crippen LogP contribution is -2.52. The van der Waals surface area contributed by atoms with Gasteiger partial charge in [0.05, 0.1) is 15.6 Å². The van der Waals surface area contributed by atoms with Crippen molar-refractivity contribution in [3.63, 3.8) is 0 Å². The Balaban J connectivity index is 1.65. The summed E-state index contributed by atoms with van der Waals surface area (Å²) in [5.41, 5.74) is 1.25. The van der Waals surface area contributed by atoms with Crippen LogP contribution in [0.15, 0.2) is 42.5 Å². The van der Waals surface area contributed by atoms with Crippen LogP contribution < -0.4 is 15.4 Å². The Kier molecular flexibility index (Phi) is 8.94. The fourth-order valence-electron chi connectivity index (χ4n) is 4.74. The highest BCUT2D eigenvalue weighted by Crippen LogP contribution is 2.37. The number of hydrogen-bond acceptors (Lipinski definition) is 6. The van der Waals surface area contributed by atoms with E-state index < -0.39 is 17.2 Å². The molecule has 0 aliphatic carbocycles. The normalized spacial score (nSPS) is 15.5. The molecule has 1 fully saturated rings. The molecule has 0 unspecified atom stereocenters. The lowest BCUT2D eigenvalue weighted by molar-refractivity contribution is -0.117. The van der Waals surface area contributed by atoms with Crippen molar-refractivity contribution in [3.05, 3.63) is 63.8 Å². The van der Waals surface area contributed by atoms with Crippen molar-refractivity contribution in [3.8, 4) is 0 Å². The van der Waals surface area contributed by atoms with Crippen molar-refractivity contribution in [1.29, 1.82) is 0 Å². The fourth-order valence-corrected chi connectivity index (χ4v) is 5.74. The predicted molar refractivity (Wildman–Crippen MR) is 161 cm³/mol. The van der Waals surface area contributed by atoms with E-state index in [-0.39, 0.29) is 11.8 Å². The first-order chi connectivity index (χ1) is 18.8. The number of hydrogen-bond donors (Lipinski definition) is 3. The summed E-state index contributed by atoms with van der Waals surface area (Å²) >= 11 is 13.9. The number of ether oxygens (including phenoxy) is 1. The average Bonchev–Trinajstić information content (AvgIpc) is 3.22. The maximum Gasteiger partial charge on any atom is 0.412 e. The lowest BCUT2D eigenvalue weighted by Gasteiger charge is -2.42. The van der Waals surface area contributed by atoms with E-state index in [1.165, 1.54) is 19.1 Å². The Morgan fingerprint density at radius 1 is 1.05 bits per heavy atom. The molecule has 0 bridgehead atoms. The van der Waals surface area contributed by atoms with Crippen molar-refractivity contribution >= 4 is 69.8 Å². The second-order valence-corrected chi connectivity index (χ2v) is 12.5. The standard InChI is InChI=1S/C28H33Cl2N5O4S/c1-17(36)33-40-35-13-11-28(12-14-35,18-7-6-8-19(15-18)31-26(38)39-27(2,3)4)32-25(37)23-16-20-22(34(23)5)10-9-21(29)24(20)30/h6-10,15-16H,11-14H2,1-5H3,(H,31,38)(H,32,37)(H,33,36). The minimum Gasteiger partial charge on any atom is -0.444 e. The van der Waals surface area contributed by atoms with Crippen LogP contribution in [-0.4, -0.2) is 45.5 Å². The summed E-state index contributed by atoms with van der Waals surface area (Å²) in [5, 5.41) is 7.60. The van der Waals surface area contributed by atoms with E-state index in [9.17, 15) is 14.4 Å². The number of halogens is 2. The quantitative estimate of drug-likeness (QED) is 0.287. The van der Waals surface area contributed by atoms with Gasteiger partial charge in [0, 0.05) is 55.8 Å². The third kappa shape index (κ3) is 6.86. The number of fused-ring (bicyclic) bond motifs is 1. The van der Waals surface area contributed by atoms with Crippen LogP contribution in [0, 0.1) is 0 Å². The van der Waals surface area contributed by atoms with Gasteiger partial charge in [-0.1, -0.05) is 35.3 Å². The summed E-state index contributed by atoms with van der Waals surface area (Å²) in [6, 6.07) is 12.7. The number of carbonyl (C=O) groups is 3. The molecule has 1 aliphatic heterocycles. The molecule has 214 valence electrons. The third-order valence-electron chi connectivity index (χ3n) is 6.65. The molecule has 0 spiro atoms. The van der Waals surface area contributed by atoms with Crippen molar-refractivity contribution < 1.29 is 19.1 Å². The monoisotopic (exact) mass is 605 g/mol. The Morgan fingerprint density at radius 2 is 1.75 bits per heavy atom. The van der Waals surface area contributed by atoms with E-state index in [2.05, 4.69) is 15.4 Å². The molecular formula is C28H33Cl2N5O4S. The number of benzene rings is 2. The molecule has 4 rings (SSSR count). The van der Waals surface area contributed by atoms with Crippen LogP contribution in [0.2, 0.25) is 10.0 Å². The molecule has 1 saturated heterocycles. The third-order valence-corrected chi connectivity index (χ3v) is 8.47. The van der Waals surface area contributed by atoms with Crippen molar-refractivity contribution in [2.75, 3.05) is 18.4 Å². The molecule has 2 aromatic carbocycles. The summed E-state index contributed by atoms with van der Waals surface area (Å²) in [4.78, 5) is 37.7. The van der Waals surface area contributed by atoms with Gasteiger partial charge in [-0.3, -0.25) is 19.6 Å². The topological polar surface area (TPSA) is 105 Å². The van der Waals surface area contributed by atoms with Gasteiger partial charge in [0.2, 0.25) is 5.91 Å². The highest BCUT2D eigenvalue weighted by Gasteiger charge is 2.39. The van der Waals surface area contributed by atoms with E-state index in [0.717, 1.165) is 11.1 Å². The van der Waals surface area contributed by atoms with E-state index in [0.29, 0.717) is 52.7 Å². The zero-order valence-electron chi connectivity index (χ0n) is 23.1. The second kappa shape index (κ2) is 11.9. The van der Waals surface area contributed by atoms with Gasteiger partial charge in [-0.05, 0) is 69.5 Å². The minimum atomic E-state index is -0.742. The van der Waals surface area contributed by atoms with E-state index in [1.807, 2.05) is 35.6 Å². The number of piperidine rings is 1. The maximum atomic E-state index is 13.8. The summed E-state index contributed by atoms with van der Waals surface area (Å²) in [5.74, 6) is -0.398. The van der Waals surface area contributed by atoms with Crippen LogP contribution in [0.3, 0.4) is 0 Å². The van der Waals surface area contributed by atoms with E-state index in [1.54, 1.807) is 43.5 Å². The number of amides is 3. The fraction of sp³-hybridized carbons (Fsp3) is 0.393. The number of nitrogens with zero attached hydrogens (tertiary/aromatic N) is 2. The molecule has 2 heterocycles. The largest absolute Gasteiger partial charge is 0.444 e. The molecule has 12 heteroatoms. The number of anilines is 1. The van der Waals surface area contributed by atoms with E-state index in [4.69, 9.17) is 27.9 Å². The molecule has 40 heavy (non-hydrogen) atoms. The van der Waals surface area contributed by atoms with Crippen LogP contribution >= 0.6 is 35.3 Å². The summed E-state index contributed by atoms with van der Waals surface area (Å²) in [7, 11) is 1.81. The number of carbonyl (C=O) groups excluding carboxylic acids is 3. The average molecular weight is 607 g/mol. The zero-order valence-corrected chi connectivity index (χ0v) is 25.4. The molecule has 3 N–H and O–H groups in total. The minimum absolute atomic E-state index is 0.134. The SMILES string of the molecule is CC(=O)NSN1CCC(NC(=O)c2cc3c(Cl)c(Cl)ccc3n2C)(c2cccc(NC(=O)OC(C)(C)C)c2)CC1. The van der Waals surface area contributed by atoms with Crippen LogP contribution in [-0.2, 0) is 22.1 Å². The highest BCUT2D eigenvalue weighted by atomic mass is 35.5. The van der Waals surface area contributed by atoms with Crippen molar-refractivity contribution in [2.24, 2.45) is 7.05 Å². The Labute approximate surface area is 248 Å². The predicted octanol–water partition coefficient (Wildman–Crippen LogP) is 6.25. The smallest absolute Gasteiger partial charge is 0.412 e. The molecule has 0 saturated carbocycles. The highest BCUT2D eigenvalue weighted by molar-refractivity contribution is 7.95. The maximum absolute atomic E-state index is 13.8. The van der Waals surface area contributed by atoms with Gasteiger partial charge in [-0.2, -0.15) is 0 Å². The van der Waals surface area contributed by atoms with Crippen LogP contribution in [0.1, 0.15) is 56.6 Å². The van der Waals surface area contributed by atoms with Gasteiger partial charge >= 0.3 is 6.09 Å². The number of rotatable bonds is 6. The van der Waals surface area contributed by atoms with Crippen LogP contribution in [0.4, 0.5) is 10.5 Å². The molecular weight excluding hydrogens is 573 g/mol. The van der Waals surface area contributed by atoms with Gasteiger partial charge in [-0.15, -0.1) is 0 Å². The van der Waals surface area contributed by atoms with Crippen LogP contribution in [0.25, 0.3) is 10.9 Å². The molecule has 0 radical (unpaired) electrons. The second-order valence-electron chi connectivity index (χ2n) is 10.8. The zero-order chi connectivity index (χ0) is 29.2. The van der Waals surface area contributed by atoms with Gasteiger partial charge in [-0.25, -0.2) is 9.10 Å². The molecule has 3 amide bonds. The number of nitrogens with one attached hydrogen (secondary N) is 3. The van der Waals surface area contributed by atoms with Crippen molar-refractivity contribution in [1.82, 2.24) is 18.9 Å². The Hall–Kier alpha value is -2.92. The molecule has 0 atom stereocenters.